The zero-order valence-corrected chi connectivity index (χ0v) is 12.4. The van der Waals surface area contributed by atoms with Crippen molar-refractivity contribution in [2.45, 2.75) is 13.0 Å². The molecule has 4 nitrogen and oxygen atoms in total. The average Bonchev–Trinajstić information content (AvgIpc) is 2.82. The van der Waals surface area contributed by atoms with Crippen LogP contribution in [0.25, 0.3) is 11.1 Å². The van der Waals surface area contributed by atoms with E-state index >= 15 is 0 Å². The molecule has 0 aromatic heterocycles. The summed E-state index contributed by atoms with van der Waals surface area (Å²) in [4.78, 5) is 0. The van der Waals surface area contributed by atoms with Crippen LogP contribution >= 0.6 is 0 Å². The van der Waals surface area contributed by atoms with E-state index in [0.29, 0.717) is 6.54 Å². The van der Waals surface area contributed by atoms with Crippen LogP contribution in [0.15, 0.2) is 42.5 Å². The summed E-state index contributed by atoms with van der Waals surface area (Å²) in [6, 6.07) is 14.6. The molecule has 0 spiro atoms. The Bertz CT molecular complexity index is 769. The van der Waals surface area contributed by atoms with Crippen LogP contribution in [0.3, 0.4) is 0 Å². The molecule has 0 fully saturated rings. The van der Waals surface area contributed by atoms with Crippen molar-refractivity contribution < 1.29 is 13.0 Å². The van der Waals surface area contributed by atoms with Gasteiger partial charge in [-0.2, -0.15) is 8.42 Å². The molecule has 3 rings (SSSR count). The number of hydrogen-bond acceptors (Lipinski definition) is 3. The van der Waals surface area contributed by atoms with Gasteiger partial charge in [0.25, 0.3) is 10.1 Å². The van der Waals surface area contributed by atoms with Crippen LogP contribution in [0.4, 0.5) is 0 Å². The van der Waals surface area contributed by atoms with Gasteiger partial charge in [0.15, 0.2) is 0 Å². The summed E-state index contributed by atoms with van der Waals surface area (Å²) in [7, 11) is -3.90. The minimum atomic E-state index is -3.90. The molecular weight excluding hydrogens is 286 g/mol. The summed E-state index contributed by atoms with van der Waals surface area (Å²) in [6.45, 7) is 0.849. The first-order chi connectivity index (χ1) is 10.0. The van der Waals surface area contributed by atoms with Crippen molar-refractivity contribution in [3.05, 3.63) is 59.2 Å². The van der Waals surface area contributed by atoms with Crippen molar-refractivity contribution in [3.8, 4) is 11.1 Å². The maximum absolute atomic E-state index is 10.7. The standard InChI is InChI=1S/C16H17NO3S/c18-21(19,20)9-8-17-11-13-5-3-7-15-14-6-2-1-4-12(14)10-16(13)15/h1-7,17H,8-11H2,(H,18,19,20). The van der Waals surface area contributed by atoms with Crippen LogP contribution in [-0.4, -0.2) is 25.3 Å². The molecule has 110 valence electrons. The van der Waals surface area contributed by atoms with Gasteiger partial charge in [-0.05, 0) is 34.2 Å². The van der Waals surface area contributed by atoms with E-state index < -0.39 is 10.1 Å². The quantitative estimate of drug-likeness (QED) is 0.560. The van der Waals surface area contributed by atoms with Crippen molar-refractivity contribution in [1.82, 2.24) is 5.32 Å². The van der Waals surface area contributed by atoms with Crippen LogP contribution in [0.5, 0.6) is 0 Å². The molecule has 5 heteroatoms. The Balaban J connectivity index is 1.75. The van der Waals surface area contributed by atoms with Crippen LogP contribution < -0.4 is 5.32 Å². The van der Waals surface area contributed by atoms with Crippen molar-refractivity contribution >= 4 is 10.1 Å². The number of rotatable bonds is 5. The Kier molecular flexibility index (Phi) is 3.80. The van der Waals surface area contributed by atoms with Crippen LogP contribution in [0, 0.1) is 0 Å². The van der Waals surface area contributed by atoms with E-state index in [1.54, 1.807) is 0 Å². The molecule has 0 bridgehead atoms. The predicted octanol–water partition coefficient (Wildman–Crippen LogP) is 2.24. The fourth-order valence-electron chi connectivity index (χ4n) is 2.81. The number of nitrogens with one attached hydrogen (secondary N) is 1. The highest BCUT2D eigenvalue weighted by atomic mass is 32.2. The minimum Gasteiger partial charge on any atom is -0.312 e. The molecule has 1 aliphatic carbocycles. The number of hydrogen-bond donors (Lipinski definition) is 2. The molecule has 2 N–H and O–H groups in total. The summed E-state index contributed by atoms with van der Waals surface area (Å²) in [5, 5.41) is 3.08. The van der Waals surface area contributed by atoms with Gasteiger partial charge in [0.1, 0.15) is 0 Å². The van der Waals surface area contributed by atoms with Gasteiger partial charge in [0.05, 0.1) is 5.75 Å². The fourth-order valence-corrected chi connectivity index (χ4v) is 3.22. The zero-order chi connectivity index (χ0) is 14.9. The summed E-state index contributed by atoms with van der Waals surface area (Å²) in [5.41, 5.74) is 6.36. The highest BCUT2D eigenvalue weighted by Crippen LogP contribution is 2.37. The van der Waals surface area contributed by atoms with Gasteiger partial charge < -0.3 is 5.32 Å². The van der Waals surface area contributed by atoms with Crippen molar-refractivity contribution in [3.63, 3.8) is 0 Å². The summed E-state index contributed by atoms with van der Waals surface area (Å²) in [6.07, 6.45) is 0.918. The number of fused-ring (bicyclic) bond motifs is 3. The third kappa shape index (κ3) is 3.15. The van der Waals surface area contributed by atoms with Crippen molar-refractivity contribution in [1.29, 1.82) is 0 Å². The van der Waals surface area contributed by atoms with E-state index in [0.717, 1.165) is 6.42 Å². The molecule has 0 heterocycles. The monoisotopic (exact) mass is 303 g/mol. The summed E-state index contributed by atoms with van der Waals surface area (Å²) >= 11 is 0. The maximum Gasteiger partial charge on any atom is 0.266 e. The Hall–Kier alpha value is -1.69. The molecular formula is C16H17NO3S. The normalized spacial score (nSPS) is 13.0. The second-order valence-corrected chi connectivity index (χ2v) is 6.81. The smallest absolute Gasteiger partial charge is 0.266 e. The lowest BCUT2D eigenvalue weighted by Gasteiger charge is -2.09. The van der Waals surface area contributed by atoms with Crippen LogP contribution in [-0.2, 0) is 23.1 Å². The van der Waals surface area contributed by atoms with Gasteiger partial charge in [-0.3, -0.25) is 4.55 Å². The van der Waals surface area contributed by atoms with Crippen LogP contribution in [0.1, 0.15) is 16.7 Å². The summed E-state index contributed by atoms with van der Waals surface area (Å²) in [5.74, 6) is -0.262. The van der Waals surface area contributed by atoms with Crippen molar-refractivity contribution in [2.75, 3.05) is 12.3 Å². The molecule has 0 aliphatic heterocycles. The molecule has 1 aliphatic rings. The van der Waals surface area contributed by atoms with E-state index in [1.807, 2.05) is 12.1 Å². The molecule has 0 amide bonds. The first-order valence-electron chi connectivity index (χ1n) is 6.89. The highest BCUT2D eigenvalue weighted by Gasteiger charge is 2.19. The van der Waals surface area contributed by atoms with Gasteiger partial charge in [-0.25, -0.2) is 0 Å². The largest absolute Gasteiger partial charge is 0.312 e. The third-order valence-corrected chi connectivity index (χ3v) is 4.52. The molecule has 2 aromatic carbocycles. The Morgan fingerprint density at radius 3 is 2.62 bits per heavy atom. The average molecular weight is 303 g/mol. The van der Waals surface area contributed by atoms with Gasteiger partial charge in [0.2, 0.25) is 0 Å². The second-order valence-electron chi connectivity index (χ2n) is 5.24. The third-order valence-electron chi connectivity index (χ3n) is 3.80. The maximum atomic E-state index is 10.7. The molecule has 0 unspecified atom stereocenters. The number of benzene rings is 2. The molecule has 21 heavy (non-hydrogen) atoms. The van der Waals surface area contributed by atoms with E-state index in [4.69, 9.17) is 4.55 Å². The lowest BCUT2D eigenvalue weighted by atomic mass is 10.0. The topological polar surface area (TPSA) is 66.4 Å². The molecule has 0 radical (unpaired) electrons. The molecule has 0 saturated heterocycles. The summed E-state index contributed by atoms with van der Waals surface area (Å²) < 4.78 is 30.1. The van der Waals surface area contributed by atoms with Gasteiger partial charge in [0, 0.05) is 13.1 Å². The van der Waals surface area contributed by atoms with E-state index in [-0.39, 0.29) is 12.3 Å². The van der Waals surface area contributed by atoms with E-state index in [2.05, 4.69) is 35.6 Å². The van der Waals surface area contributed by atoms with Gasteiger partial charge >= 0.3 is 0 Å². The SMILES string of the molecule is O=S(=O)(O)CCNCc1cccc2c1Cc1ccccc1-2. The first-order valence-corrected chi connectivity index (χ1v) is 8.50. The Morgan fingerprint density at radius 1 is 1.05 bits per heavy atom. The molecule has 0 atom stereocenters. The highest BCUT2D eigenvalue weighted by molar-refractivity contribution is 7.85. The van der Waals surface area contributed by atoms with Gasteiger partial charge in [-0.1, -0.05) is 42.5 Å². The molecule has 0 saturated carbocycles. The predicted molar refractivity (Wildman–Crippen MR) is 82.8 cm³/mol. The van der Waals surface area contributed by atoms with Crippen LogP contribution in [0.2, 0.25) is 0 Å². The van der Waals surface area contributed by atoms with Crippen molar-refractivity contribution in [2.24, 2.45) is 0 Å². The lowest BCUT2D eigenvalue weighted by molar-refractivity contribution is 0.480. The first kappa shape index (κ1) is 14.3. The van der Waals surface area contributed by atoms with E-state index in [9.17, 15) is 8.42 Å². The second kappa shape index (κ2) is 5.60. The fraction of sp³-hybridized carbons (Fsp3) is 0.250. The van der Waals surface area contributed by atoms with E-state index in [1.165, 1.54) is 27.8 Å². The minimum absolute atomic E-state index is 0.245. The lowest BCUT2D eigenvalue weighted by Crippen LogP contribution is -2.22. The van der Waals surface area contributed by atoms with Gasteiger partial charge in [-0.15, -0.1) is 0 Å². The Labute approximate surface area is 124 Å². The Morgan fingerprint density at radius 2 is 1.81 bits per heavy atom. The zero-order valence-electron chi connectivity index (χ0n) is 11.5. The molecule has 2 aromatic rings.